The number of allylic oxidation sites excluding steroid dienone is 2. The van der Waals surface area contributed by atoms with Gasteiger partial charge in [0.25, 0.3) is 0 Å². The van der Waals surface area contributed by atoms with Gasteiger partial charge >= 0.3 is 0 Å². The number of rotatable bonds is 1. The molecule has 1 aromatic rings. The molecule has 2 heterocycles. The second-order valence-electron chi connectivity index (χ2n) is 2.03. The van der Waals surface area contributed by atoms with Crippen LogP contribution in [-0.2, 0) is 0 Å². The second-order valence-corrected chi connectivity index (χ2v) is 3.84. The maximum Gasteiger partial charge on any atom is 0.196 e. The lowest BCUT2D eigenvalue weighted by Crippen LogP contribution is -1.88. The molecule has 0 saturated heterocycles. The summed E-state index contributed by atoms with van der Waals surface area (Å²) in [6.07, 6.45) is 7.29. The summed E-state index contributed by atoms with van der Waals surface area (Å²) in [5.74, 6) is 0. The van der Waals surface area contributed by atoms with Crippen LogP contribution < -0.4 is 0 Å². The Hall–Kier alpha value is -1.16. The molecular weight excluding hydrogens is 158 g/mol. The monoisotopic (exact) mass is 165 g/mol. The average Bonchev–Trinajstić information content (AvgIpc) is 2.58. The molecule has 4 heteroatoms. The van der Waals surface area contributed by atoms with Crippen molar-refractivity contribution in [3.8, 4) is 0 Å². The summed E-state index contributed by atoms with van der Waals surface area (Å²) in [4.78, 5) is 4.11. The predicted molar refractivity (Wildman–Crippen MR) is 45.4 cm³/mol. The van der Waals surface area contributed by atoms with Gasteiger partial charge in [-0.2, -0.15) is 16.0 Å². The van der Waals surface area contributed by atoms with Gasteiger partial charge in [-0.05, 0) is 10.8 Å². The molecule has 1 aromatic heterocycles. The third-order valence-corrected chi connectivity index (χ3v) is 2.96. The third-order valence-electron chi connectivity index (χ3n) is 1.31. The van der Waals surface area contributed by atoms with Gasteiger partial charge in [-0.1, -0.05) is 12.2 Å². The highest BCUT2D eigenvalue weighted by Gasteiger charge is 2.04. The van der Waals surface area contributed by atoms with Crippen molar-refractivity contribution in [3.05, 3.63) is 35.4 Å². The Kier molecular flexibility index (Phi) is 1.69. The predicted octanol–water partition coefficient (Wildman–Crippen LogP) is 1.27. The number of thiol groups is 1. The highest BCUT2D eigenvalue weighted by atomic mass is 32.2. The molecule has 1 aliphatic heterocycles. The third kappa shape index (κ3) is 1.30. The van der Waals surface area contributed by atoms with Crippen LogP contribution in [0, 0.1) is 0 Å². The van der Waals surface area contributed by atoms with Gasteiger partial charge in [-0.15, -0.1) is 5.10 Å². The molecule has 0 spiro atoms. The molecule has 0 N–H and O–H groups in total. The molecule has 2 rings (SSSR count). The van der Waals surface area contributed by atoms with Crippen LogP contribution in [0.3, 0.4) is 0 Å². The van der Waals surface area contributed by atoms with Crippen LogP contribution in [0.25, 0.3) is 0 Å². The summed E-state index contributed by atoms with van der Waals surface area (Å²) in [7, 11) is -0.386. The molecule has 11 heavy (non-hydrogen) atoms. The molecule has 0 amide bonds. The van der Waals surface area contributed by atoms with Crippen molar-refractivity contribution < 1.29 is 0 Å². The molecule has 0 radical (unpaired) electrons. The van der Waals surface area contributed by atoms with E-state index in [0.29, 0.717) is 0 Å². The summed E-state index contributed by atoms with van der Waals surface area (Å²) < 4.78 is 0. The Bertz CT molecular complexity index is 282. The Morgan fingerprint density at radius 1 is 1.09 bits per heavy atom. The van der Waals surface area contributed by atoms with Crippen molar-refractivity contribution in [1.82, 2.24) is 15.2 Å². The Morgan fingerprint density at radius 3 is 2.55 bits per heavy atom. The zero-order valence-corrected chi connectivity index (χ0v) is 6.65. The highest BCUT2D eigenvalue weighted by Crippen LogP contribution is 2.38. The van der Waals surface area contributed by atoms with E-state index in [1.54, 1.807) is 12.4 Å². The zero-order valence-electron chi connectivity index (χ0n) is 5.75. The van der Waals surface area contributed by atoms with Crippen molar-refractivity contribution in [1.29, 1.82) is 0 Å². The van der Waals surface area contributed by atoms with E-state index in [1.807, 2.05) is 12.2 Å². The first-order valence-corrected chi connectivity index (χ1v) is 4.72. The van der Waals surface area contributed by atoms with Gasteiger partial charge in [0.15, 0.2) is 5.16 Å². The summed E-state index contributed by atoms with van der Waals surface area (Å²) in [5, 5.41) is 12.7. The van der Waals surface area contributed by atoms with E-state index in [4.69, 9.17) is 0 Å². The van der Waals surface area contributed by atoms with Gasteiger partial charge in [-0.3, -0.25) is 0 Å². The maximum absolute atomic E-state index is 4.11. The van der Waals surface area contributed by atoms with Gasteiger partial charge in [0, 0.05) is 0 Å². The first-order valence-electron chi connectivity index (χ1n) is 3.24. The SMILES string of the molecule is C1=C[SH](c2nccnn2)C=C1. The quantitative estimate of drug-likeness (QED) is 0.637. The number of hydrogen-bond donors (Lipinski definition) is 1. The van der Waals surface area contributed by atoms with Gasteiger partial charge in [0.1, 0.15) is 0 Å². The fourth-order valence-electron chi connectivity index (χ4n) is 0.827. The maximum atomic E-state index is 4.11. The lowest BCUT2D eigenvalue weighted by molar-refractivity contribution is 0.839. The Balaban J connectivity index is 2.30. The summed E-state index contributed by atoms with van der Waals surface area (Å²) in [5.41, 5.74) is 0. The average molecular weight is 165 g/mol. The van der Waals surface area contributed by atoms with Crippen LogP contribution in [0.15, 0.2) is 40.5 Å². The van der Waals surface area contributed by atoms with Crippen LogP contribution >= 0.6 is 10.9 Å². The fraction of sp³-hybridized carbons (Fsp3) is 0. The van der Waals surface area contributed by atoms with Gasteiger partial charge in [-0.25, -0.2) is 4.98 Å². The van der Waals surface area contributed by atoms with Crippen LogP contribution in [0.2, 0.25) is 0 Å². The Labute approximate surface area is 67.2 Å². The van der Waals surface area contributed by atoms with E-state index in [1.165, 1.54) is 0 Å². The minimum absolute atomic E-state index is 0.386. The summed E-state index contributed by atoms with van der Waals surface area (Å²) in [6, 6.07) is 0. The number of hydrogen-bond acceptors (Lipinski definition) is 3. The lowest BCUT2D eigenvalue weighted by Gasteiger charge is -2.04. The van der Waals surface area contributed by atoms with Crippen molar-refractivity contribution >= 4 is 10.9 Å². The first kappa shape index (κ1) is 6.54. The highest BCUT2D eigenvalue weighted by molar-refractivity contribution is 8.22. The molecule has 0 saturated carbocycles. The largest absolute Gasteiger partial charge is 0.229 e. The van der Waals surface area contributed by atoms with E-state index in [-0.39, 0.29) is 10.9 Å². The van der Waals surface area contributed by atoms with Crippen LogP contribution in [0.4, 0.5) is 0 Å². The first-order chi connectivity index (χ1) is 5.47. The molecular formula is C7H7N3S. The van der Waals surface area contributed by atoms with Crippen LogP contribution in [0.1, 0.15) is 0 Å². The van der Waals surface area contributed by atoms with Crippen molar-refractivity contribution in [3.63, 3.8) is 0 Å². The minimum Gasteiger partial charge on any atom is -0.229 e. The number of aromatic nitrogens is 3. The van der Waals surface area contributed by atoms with Crippen LogP contribution in [-0.4, -0.2) is 15.2 Å². The van der Waals surface area contributed by atoms with E-state index >= 15 is 0 Å². The van der Waals surface area contributed by atoms with E-state index in [0.717, 1.165) is 5.16 Å². The van der Waals surface area contributed by atoms with Crippen molar-refractivity contribution in [2.75, 3.05) is 0 Å². The van der Waals surface area contributed by atoms with Crippen LogP contribution in [0.5, 0.6) is 0 Å². The number of nitrogens with zero attached hydrogens (tertiary/aromatic N) is 3. The molecule has 0 atom stereocenters. The molecule has 3 nitrogen and oxygen atoms in total. The standard InChI is InChI=1S/C7H7N3S/c1-2-6-11(5-1)7-8-3-4-9-10-7/h1-6,11H. The van der Waals surface area contributed by atoms with E-state index < -0.39 is 0 Å². The van der Waals surface area contributed by atoms with E-state index in [2.05, 4.69) is 26.0 Å². The smallest absolute Gasteiger partial charge is 0.196 e. The zero-order chi connectivity index (χ0) is 7.52. The second kappa shape index (κ2) is 2.84. The van der Waals surface area contributed by atoms with Gasteiger partial charge in [0.2, 0.25) is 0 Å². The molecule has 56 valence electrons. The lowest BCUT2D eigenvalue weighted by atomic mass is 10.6. The van der Waals surface area contributed by atoms with Crippen molar-refractivity contribution in [2.45, 2.75) is 5.16 Å². The molecule has 0 aliphatic carbocycles. The molecule has 1 aliphatic rings. The molecule has 0 bridgehead atoms. The van der Waals surface area contributed by atoms with Gasteiger partial charge in [0.05, 0.1) is 12.4 Å². The van der Waals surface area contributed by atoms with E-state index in [9.17, 15) is 0 Å². The fourth-order valence-corrected chi connectivity index (χ4v) is 2.12. The summed E-state index contributed by atoms with van der Waals surface area (Å²) >= 11 is 0. The topological polar surface area (TPSA) is 38.7 Å². The minimum atomic E-state index is -0.386. The summed E-state index contributed by atoms with van der Waals surface area (Å²) in [6.45, 7) is 0. The van der Waals surface area contributed by atoms with Crippen molar-refractivity contribution in [2.24, 2.45) is 0 Å². The molecule has 0 fully saturated rings. The Morgan fingerprint density at radius 2 is 1.91 bits per heavy atom. The molecule has 0 unspecified atom stereocenters. The molecule has 0 aromatic carbocycles. The normalized spacial score (nSPS) is 17.6. The van der Waals surface area contributed by atoms with Gasteiger partial charge < -0.3 is 0 Å².